The smallest absolute Gasteiger partial charge is 0.313 e. The third-order valence-corrected chi connectivity index (χ3v) is 3.48. The highest BCUT2D eigenvalue weighted by Crippen LogP contribution is 2.22. The zero-order chi connectivity index (χ0) is 16.5. The molecule has 1 unspecified atom stereocenters. The fourth-order valence-electron chi connectivity index (χ4n) is 2.03. The second-order valence-electron chi connectivity index (χ2n) is 4.96. The predicted molar refractivity (Wildman–Crippen MR) is 83.2 cm³/mol. The minimum atomic E-state index is -0.868. The van der Waals surface area contributed by atoms with Gasteiger partial charge in [0.15, 0.2) is 0 Å². The molecule has 0 spiro atoms. The Hall–Kier alpha value is -1.66. The van der Waals surface area contributed by atoms with Crippen molar-refractivity contribution in [2.75, 3.05) is 18.5 Å². The number of benzene rings is 1. The second kappa shape index (κ2) is 9.38. The van der Waals surface area contributed by atoms with E-state index < -0.39 is 17.6 Å². The fraction of sp³-hybridized carbons (Fsp3) is 0.467. The fourth-order valence-corrected chi connectivity index (χ4v) is 2.24. The van der Waals surface area contributed by atoms with Gasteiger partial charge in [0, 0.05) is 13.2 Å². The number of aliphatic hydroxyl groups is 1. The van der Waals surface area contributed by atoms with E-state index in [1.54, 1.807) is 0 Å². The molecule has 1 atom stereocenters. The molecular weight excluding hydrogens is 311 g/mol. The van der Waals surface area contributed by atoms with Gasteiger partial charge in [0.2, 0.25) is 0 Å². The van der Waals surface area contributed by atoms with Crippen molar-refractivity contribution in [2.24, 2.45) is 5.92 Å². The molecule has 0 fully saturated rings. The number of aliphatic hydroxyl groups excluding tert-OH is 1. The van der Waals surface area contributed by atoms with Crippen LogP contribution < -0.4 is 10.6 Å². The highest BCUT2D eigenvalue weighted by Gasteiger charge is 2.17. The van der Waals surface area contributed by atoms with Gasteiger partial charge in [0.1, 0.15) is 5.82 Å². The molecule has 0 radical (unpaired) electrons. The molecule has 1 rings (SSSR count). The molecule has 0 aromatic heterocycles. The summed E-state index contributed by atoms with van der Waals surface area (Å²) in [6, 6.07) is 3.47. The number of hydrogen-bond acceptors (Lipinski definition) is 3. The van der Waals surface area contributed by atoms with Gasteiger partial charge in [-0.05, 0) is 37.0 Å². The monoisotopic (exact) mass is 330 g/mol. The van der Waals surface area contributed by atoms with Crippen molar-refractivity contribution in [1.82, 2.24) is 5.32 Å². The number of carbonyl (C=O) groups is 2. The van der Waals surface area contributed by atoms with Crippen LogP contribution in [0.4, 0.5) is 10.1 Å². The van der Waals surface area contributed by atoms with Crippen LogP contribution in [0.2, 0.25) is 5.02 Å². The minimum Gasteiger partial charge on any atom is -0.396 e. The third kappa shape index (κ3) is 5.99. The Morgan fingerprint density at radius 3 is 2.64 bits per heavy atom. The summed E-state index contributed by atoms with van der Waals surface area (Å²) in [5.41, 5.74) is 0.170. The van der Waals surface area contributed by atoms with Gasteiger partial charge in [0.05, 0.1) is 10.7 Å². The molecule has 0 saturated carbocycles. The quantitative estimate of drug-likeness (QED) is 0.671. The van der Waals surface area contributed by atoms with Gasteiger partial charge in [-0.15, -0.1) is 0 Å². The number of anilines is 1. The van der Waals surface area contributed by atoms with Crippen molar-refractivity contribution in [1.29, 1.82) is 0 Å². The maximum Gasteiger partial charge on any atom is 0.313 e. The molecule has 7 heteroatoms. The van der Waals surface area contributed by atoms with E-state index in [9.17, 15) is 14.0 Å². The lowest BCUT2D eigenvalue weighted by Gasteiger charge is -2.15. The van der Waals surface area contributed by atoms with E-state index in [1.165, 1.54) is 6.07 Å². The second-order valence-corrected chi connectivity index (χ2v) is 5.36. The van der Waals surface area contributed by atoms with E-state index in [4.69, 9.17) is 16.7 Å². The molecule has 2 amide bonds. The van der Waals surface area contributed by atoms with Gasteiger partial charge in [-0.25, -0.2) is 4.39 Å². The number of carbonyl (C=O) groups excluding carboxylic acids is 2. The average molecular weight is 331 g/mol. The molecule has 1 aromatic rings. The molecule has 0 aliphatic carbocycles. The van der Waals surface area contributed by atoms with Gasteiger partial charge in [-0.1, -0.05) is 24.9 Å². The summed E-state index contributed by atoms with van der Waals surface area (Å²) in [5.74, 6) is -2.06. The first kappa shape index (κ1) is 18.4. The van der Waals surface area contributed by atoms with Gasteiger partial charge in [0.25, 0.3) is 0 Å². The summed E-state index contributed by atoms with van der Waals surface area (Å²) in [5, 5.41) is 13.8. The largest absolute Gasteiger partial charge is 0.396 e. The molecule has 3 N–H and O–H groups in total. The summed E-state index contributed by atoms with van der Waals surface area (Å²) >= 11 is 5.77. The van der Waals surface area contributed by atoms with Crippen molar-refractivity contribution in [2.45, 2.75) is 26.2 Å². The molecule has 0 saturated heterocycles. The number of halogens is 2. The summed E-state index contributed by atoms with van der Waals surface area (Å²) < 4.78 is 12.9. The van der Waals surface area contributed by atoms with Gasteiger partial charge in [-0.3, -0.25) is 9.59 Å². The summed E-state index contributed by atoms with van der Waals surface area (Å²) in [6.45, 7) is 2.37. The van der Waals surface area contributed by atoms with Crippen LogP contribution in [0.5, 0.6) is 0 Å². The lowest BCUT2D eigenvalue weighted by molar-refractivity contribution is -0.136. The standard InChI is InChI=1S/C15H20ClFN2O3/c1-2-3-10(6-7-20)9-18-14(21)15(22)19-13-5-4-11(17)8-12(13)16/h4-5,8,10,20H,2-3,6-7,9H2,1H3,(H,18,21)(H,19,22). The Morgan fingerprint density at radius 2 is 2.05 bits per heavy atom. The van der Waals surface area contributed by atoms with Crippen LogP contribution in [0.3, 0.4) is 0 Å². The molecule has 0 heterocycles. The summed E-state index contributed by atoms with van der Waals surface area (Å²) in [7, 11) is 0. The van der Waals surface area contributed by atoms with E-state index >= 15 is 0 Å². The maximum atomic E-state index is 12.9. The van der Waals surface area contributed by atoms with E-state index in [0.717, 1.165) is 25.0 Å². The SMILES string of the molecule is CCCC(CCO)CNC(=O)C(=O)Nc1ccc(F)cc1Cl. The molecule has 22 heavy (non-hydrogen) atoms. The van der Waals surface area contributed by atoms with Crippen LogP contribution in [0, 0.1) is 11.7 Å². The van der Waals surface area contributed by atoms with Crippen molar-refractivity contribution in [3.63, 3.8) is 0 Å². The number of nitrogens with one attached hydrogen (secondary N) is 2. The minimum absolute atomic E-state index is 0.0188. The lowest BCUT2D eigenvalue weighted by Crippen LogP contribution is -2.38. The van der Waals surface area contributed by atoms with Crippen LogP contribution in [0.25, 0.3) is 0 Å². The Bertz CT molecular complexity index is 520. The third-order valence-electron chi connectivity index (χ3n) is 3.17. The van der Waals surface area contributed by atoms with Crippen LogP contribution in [0.1, 0.15) is 26.2 Å². The summed E-state index contributed by atoms with van der Waals surface area (Å²) in [4.78, 5) is 23.5. The first-order chi connectivity index (χ1) is 10.5. The van der Waals surface area contributed by atoms with E-state index in [-0.39, 0.29) is 23.2 Å². The van der Waals surface area contributed by atoms with Crippen molar-refractivity contribution in [3.05, 3.63) is 29.0 Å². The highest BCUT2D eigenvalue weighted by molar-refractivity contribution is 6.41. The van der Waals surface area contributed by atoms with E-state index in [2.05, 4.69) is 10.6 Å². The topological polar surface area (TPSA) is 78.4 Å². The van der Waals surface area contributed by atoms with Crippen LogP contribution in [-0.2, 0) is 9.59 Å². The highest BCUT2D eigenvalue weighted by atomic mass is 35.5. The van der Waals surface area contributed by atoms with Gasteiger partial charge < -0.3 is 15.7 Å². The molecule has 0 aliphatic heterocycles. The van der Waals surface area contributed by atoms with Gasteiger partial charge >= 0.3 is 11.8 Å². The normalized spacial score (nSPS) is 11.8. The van der Waals surface area contributed by atoms with Crippen LogP contribution in [0.15, 0.2) is 18.2 Å². The zero-order valence-corrected chi connectivity index (χ0v) is 13.1. The van der Waals surface area contributed by atoms with Crippen molar-refractivity contribution < 1.29 is 19.1 Å². The Labute approximate surface area is 133 Å². The predicted octanol–water partition coefficient (Wildman–Crippen LogP) is 2.33. The molecule has 5 nitrogen and oxygen atoms in total. The molecule has 0 aliphatic rings. The van der Waals surface area contributed by atoms with E-state index in [0.29, 0.717) is 13.0 Å². The Morgan fingerprint density at radius 1 is 1.32 bits per heavy atom. The lowest BCUT2D eigenvalue weighted by atomic mass is 10.0. The number of amides is 2. The zero-order valence-electron chi connectivity index (χ0n) is 12.4. The van der Waals surface area contributed by atoms with Crippen molar-refractivity contribution in [3.8, 4) is 0 Å². The number of hydrogen-bond donors (Lipinski definition) is 3. The van der Waals surface area contributed by atoms with Crippen LogP contribution in [-0.4, -0.2) is 30.1 Å². The molecule has 1 aromatic carbocycles. The summed E-state index contributed by atoms with van der Waals surface area (Å²) in [6.07, 6.45) is 2.35. The average Bonchev–Trinajstić information content (AvgIpc) is 2.47. The first-order valence-corrected chi connectivity index (χ1v) is 7.50. The molecule has 0 bridgehead atoms. The Kier molecular flexibility index (Phi) is 7.84. The molecule has 122 valence electrons. The van der Waals surface area contributed by atoms with E-state index in [1.807, 2.05) is 6.92 Å². The van der Waals surface area contributed by atoms with Crippen molar-refractivity contribution >= 4 is 29.1 Å². The van der Waals surface area contributed by atoms with Gasteiger partial charge in [-0.2, -0.15) is 0 Å². The number of rotatable bonds is 7. The first-order valence-electron chi connectivity index (χ1n) is 7.13. The Balaban J connectivity index is 2.52. The molecular formula is C15H20ClFN2O3. The van der Waals surface area contributed by atoms with Crippen LogP contribution >= 0.6 is 11.6 Å². The maximum absolute atomic E-state index is 12.9.